The lowest BCUT2D eigenvalue weighted by atomic mass is 10.1. The number of nitrogens with one attached hydrogen (secondary N) is 1. The molecule has 5 nitrogen and oxygen atoms in total. The average Bonchev–Trinajstić information content (AvgIpc) is 2.34. The molecule has 1 heterocycles. The molecule has 1 aliphatic rings. The van der Waals surface area contributed by atoms with Crippen LogP contribution >= 0.6 is 0 Å². The van der Waals surface area contributed by atoms with Crippen LogP contribution in [0.1, 0.15) is 13.8 Å². The van der Waals surface area contributed by atoms with Gasteiger partial charge in [0.15, 0.2) is 0 Å². The van der Waals surface area contributed by atoms with Gasteiger partial charge >= 0.3 is 0 Å². The molecule has 1 amide bonds. The molecule has 0 spiro atoms. The molecule has 0 aromatic rings. The maximum absolute atomic E-state index is 11.9. The summed E-state index contributed by atoms with van der Waals surface area (Å²) in [4.78, 5) is 13.7. The van der Waals surface area contributed by atoms with E-state index in [1.165, 1.54) is 0 Å². The van der Waals surface area contributed by atoms with Crippen molar-refractivity contribution in [2.24, 2.45) is 5.92 Å². The van der Waals surface area contributed by atoms with Gasteiger partial charge in [-0.3, -0.25) is 4.79 Å². The topological polar surface area (TPSA) is 50.8 Å². The first kappa shape index (κ1) is 14.4. The largest absolute Gasteiger partial charge is 0.383 e. The SMILES string of the molecule is COCC(NCC(=O)N1CCOCC1)C(C)C. The molecule has 100 valence electrons. The van der Waals surface area contributed by atoms with Crippen LogP contribution in [0, 0.1) is 5.92 Å². The molecule has 1 aliphatic heterocycles. The van der Waals surface area contributed by atoms with Crippen molar-refractivity contribution in [2.45, 2.75) is 19.9 Å². The van der Waals surface area contributed by atoms with E-state index in [1.54, 1.807) is 7.11 Å². The molecule has 0 aliphatic carbocycles. The predicted octanol–water partition coefficient (Wildman–Crippen LogP) is 0.106. The van der Waals surface area contributed by atoms with E-state index < -0.39 is 0 Å². The van der Waals surface area contributed by atoms with Crippen molar-refractivity contribution < 1.29 is 14.3 Å². The van der Waals surface area contributed by atoms with Crippen molar-refractivity contribution in [3.8, 4) is 0 Å². The Morgan fingerprint density at radius 3 is 2.59 bits per heavy atom. The number of morpholine rings is 1. The number of amides is 1. The molecule has 5 heteroatoms. The van der Waals surface area contributed by atoms with Gasteiger partial charge in [0, 0.05) is 26.2 Å². The van der Waals surface area contributed by atoms with Crippen LogP contribution in [0.3, 0.4) is 0 Å². The van der Waals surface area contributed by atoms with Crippen LogP contribution in [0.4, 0.5) is 0 Å². The summed E-state index contributed by atoms with van der Waals surface area (Å²) in [5.74, 6) is 0.600. The van der Waals surface area contributed by atoms with Crippen molar-refractivity contribution in [1.82, 2.24) is 10.2 Å². The minimum Gasteiger partial charge on any atom is -0.383 e. The molecule has 0 saturated carbocycles. The lowest BCUT2D eigenvalue weighted by Crippen LogP contribution is -2.48. The lowest BCUT2D eigenvalue weighted by molar-refractivity contribution is -0.134. The second kappa shape index (κ2) is 7.63. The van der Waals surface area contributed by atoms with E-state index in [2.05, 4.69) is 19.2 Å². The average molecular weight is 244 g/mol. The molecule has 0 radical (unpaired) electrons. The Kier molecular flexibility index (Phi) is 6.47. The monoisotopic (exact) mass is 244 g/mol. The molecule has 1 saturated heterocycles. The first-order valence-corrected chi connectivity index (χ1v) is 6.23. The highest BCUT2D eigenvalue weighted by atomic mass is 16.5. The Hall–Kier alpha value is -0.650. The van der Waals surface area contributed by atoms with Gasteiger partial charge in [-0.05, 0) is 5.92 Å². The second-order valence-corrected chi connectivity index (χ2v) is 4.68. The zero-order valence-corrected chi connectivity index (χ0v) is 11.1. The van der Waals surface area contributed by atoms with E-state index in [0.29, 0.717) is 45.4 Å². The van der Waals surface area contributed by atoms with Gasteiger partial charge in [-0.2, -0.15) is 0 Å². The minimum atomic E-state index is 0.148. The molecule has 17 heavy (non-hydrogen) atoms. The Morgan fingerprint density at radius 2 is 2.06 bits per heavy atom. The maximum Gasteiger partial charge on any atom is 0.236 e. The van der Waals surface area contributed by atoms with Gasteiger partial charge in [0.05, 0.1) is 26.4 Å². The summed E-state index contributed by atoms with van der Waals surface area (Å²) in [6.45, 7) is 7.97. The molecular formula is C12H24N2O3. The molecule has 1 fully saturated rings. The smallest absolute Gasteiger partial charge is 0.236 e. The van der Waals surface area contributed by atoms with Gasteiger partial charge in [0.25, 0.3) is 0 Å². The molecule has 0 aromatic carbocycles. The van der Waals surface area contributed by atoms with Crippen molar-refractivity contribution in [1.29, 1.82) is 0 Å². The van der Waals surface area contributed by atoms with Gasteiger partial charge in [0.1, 0.15) is 0 Å². The lowest BCUT2D eigenvalue weighted by Gasteiger charge is -2.28. The molecule has 0 bridgehead atoms. The molecule has 1 rings (SSSR count). The van der Waals surface area contributed by atoms with E-state index in [1.807, 2.05) is 4.90 Å². The zero-order chi connectivity index (χ0) is 12.7. The minimum absolute atomic E-state index is 0.148. The van der Waals surface area contributed by atoms with Gasteiger partial charge in [0.2, 0.25) is 5.91 Å². The number of ether oxygens (including phenoxy) is 2. The third kappa shape index (κ3) is 5.02. The van der Waals surface area contributed by atoms with E-state index in [-0.39, 0.29) is 11.9 Å². The normalized spacial score (nSPS) is 18.5. The summed E-state index contributed by atoms with van der Waals surface area (Å²) >= 11 is 0. The quantitative estimate of drug-likeness (QED) is 0.720. The van der Waals surface area contributed by atoms with Crippen LogP contribution < -0.4 is 5.32 Å². The Labute approximate surface area is 103 Å². The van der Waals surface area contributed by atoms with Crippen LogP contribution in [0.15, 0.2) is 0 Å². The van der Waals surface area contributed by atoms with E-state index in [4.69, 9.17) is 9.47 Å². The van der Waals surface area contributed by atoms with Crippen molar-refractivity contribution >= 4 is 5.91 Å². The van der Waals surface area contributed by atoms with Crippen LogP contribution in [0.2, 0.25) is 0 Å². The number of rotatable bonds is 6. The molecule has 1 unspecified atom stereocenters. The highest BCUT2D eigenvalue weighted by Crippen LogP contribution is 2.02. The molecular weight excluding hydrogens is 220 g/mol. The number of methoxy groups -OCH3 is 1. The predicted molar refractivity (Wildman–Crippen MR) is 65.9 cm³/mol. The molecule has 1 atom stereocenters. The summed E-state index contributed by atoms with van der Waals surface area (Å²) in [6.07, 6.45) is 0. The Morgan fingerprint density at radius 1 is 1.41 bits per heavy atom. The summed E-state index contributed by atoms with van der Waals surface area (Å²) in [6, 6.07) is 0.227. The fourth-order valence-corrected chi connectivity index (χ4v) is 1.81. The Balaban J connectivity index is 2.29. The third-order valence-corrected chi connectivity index (χ3v) is 3.03. The zero-order valence-electron chi connectivity index (χ0n) is 11.1. The highest BCUT2D eigenvalue weighted by Gasteiger charge is 2.19. The third-order valence-electron chi connectivity index (χ3n) is 3.03. The molecule has 1 N–H and O–H groups in total. The standard InChI is InChI=1S/C12H24N2O3/c1-10(2)11(9-16-3)13-8-12(15)14-4-6-17-7-5-14/h10-11,13H,4-9H2,1-3H3. The van der Waals surface area contributed by atoms with Gasteiger partial charge in [-0.15, -0.1) is 0 Å². The summed E-state index contributed by atoms with van der Waals surface area (Å²) in [7, 11) is 1.68. The van der Waals surface area contributed by atoms with Crippen LogP contribution in [-0.4, -0.2) is 63.4 Å². The molecule has 0 aromatic heterocycles. The van der Waals surface area contributed by atoms with E-state index in [9.17, 15) is 4.79 Å². The van der Waals surface area contributed by atoms with Gasteiger partial charge in [-0.1, -0.05) is 13.8 Å². The first-order chi connectivity index (χ1) is 8.15. The van der Waals surface area contributed by atoms with Gasteiger partial charge < -0.3 is 19.7 Å². The first-order valence-electron chi connectivity index (χ1n) is 6.23. The van der Waals surface area contributed by atoms with E-state index in [0.717, 1.165) is 0 Å². The number of carbonyl (C=O) groups excluding carboxylic acids is 1. The maximum atomic E-state index is 11.9. The van der Waals surface area contributed by atoms with Crippen molar-refractivity contribution in [2.75, 3.05) is 46.6 Å². The van der Waals surface area contributed by atoms with Crippen LogP contribution in [-0.2, 0) is 14.3 Å². The number of hydrogen-bond acceptors (Lipinski definition) is 4. The number of nitrogens with zero attached hydrogens (tertiary/aromatic N) is 1. The fraction of sp³-hybridized carbons (Fsp3) is 0.917. The number of carbonyl (C=O) groups is 1. The Bertz CT molecular complexity index is 228. The van der Waals surface area contributed by atoms with Crippen LogP contribution in [0.5, 0.6) is 0 Å². The second-order valence-electron chi connectivity index (χ2n) is 4.68. The van der Waals surface area contributed by atoms with Crippen LogP contribution in [0.25, 0.3) is 0 Å². The summed E-state index contributed by atoms with van der Waals surface area (Å²) in [5, 5.41) is 3.26. The van der Waals surface area contributed by atoms with Gasteiger partial charge in [-0.25, -0.2) is 0 Å². The summed E-state index contributed by atoms with van der Waals surface area (Å²) in [5.41, 5.74) is 0. The summed E-state index contributed by atoms with van der Waals surface area (Å²) < 4.78 is 10.4. The number of hydrogen-bond donors (Lipinski definition) is 1. The van der Waals surface area contributed by atoms with E-state index >= 15 is 0 Å². The van der Waals surface area contributed by atoms with Crippen molar-refractivity contribution in [3.63, 3.8) is 0 Å². The van der Waals surface area contributed by atoms with Crippen molar-refractivity contribution in [3.05, 3.63) is 0 Å². The highest BCUT2D eigenvalue weighted by molar-refractivity contribution is 5.78. The fourth-order valence-electron chi connectivity index (χ4n) is 1.81.